The van der Waals surface area contributed by atoms with Crippen molar-refractivity contribution in [1.29, 1.82) is 0 Å². The van der Waals surface area contributed by atoms with Crippen LogP contribution in [-0.2, 0) is 10.9 Å². The zero-order valence-electron chi connectivity index (χ0n) is 11.9. The van der Waals surface area contributed by atoms with Crippen molar-refractivity contribution in [2.75, 3.05) is 11.9 Å². The summed E-state index contributed by atoms with van der Waals surface area (Å²) in [6.45, 7) is -0.395. The van der Waals surface area contributed by atoms with Gasteiger partial charge in [0, 0.05) is 11.8 Å². The number of nitrogens with one attached hydrogen (secondary N) is 1. The Bertz CT molecular complexity index is 800. The highest BCUT2D eigenvalue weighted by molar-refractivity contribution is 5.86. The first-order valence-corrected chi connectivity index (χ1v) is 6.37. The van der Waals surface area contributed by atoms with Crippen LogP contribution >= 0.6 is 0 Å². The van der Waals surface area contributed by atoms with E-state index in [2.05, 4.69) is 14.7 Å². The fourth-order valence-corrected chi connectivity index (χ4v) is 1.74. The van der Waals surface area contributed by atoms with Gasteiger partial charge in [0.15, 0.2) is 12.3 Å². The van der Waals surface area contributed by atoms with Gasteiger partial charge in [-0.2, -0.15) is 13.2 Å². The first-order chi connectivity index (χ1) is 11.3. The van der Waals surface area contributed by atoms with Gasteiger partial charge in [0.05, 0.1) is 17.6 Å². The molecule has 0 bridgehead atoms. The molecule has 0 fully saturated rings. The number of carbonyl (C=O) groups is 1. The average Bonchev–Trinajstić information content (AvgIpc) is 2.52. The van der Waals surface area contributed by atoms with Gasteiger partial charge in [0.25, 0.3) is 0 Å². The summed E-state index contributed by atoms with van der Waals surface area (Å²) in [6, 6.07) is 3.15. The second-order valence-corrected chi connectivity index (χ2v) is 4.39. The normalized spacial score (nSPS) is 10.8. The Morgan fingerprint density at radius 1 is 1.33 bits per heavy atom. The molecule has 5 nitrogen and oxygen atoms in total. The van der Waals surface area contributed by atoms with Crippen molar-refractivity contribution in [2.45, 2.75) is 6.18 Å². The van der Waals surface area contributed by atoms with Crippen molar-refractivity contribution in [2.24, 2.45) is 0 Å². The Kier molecular flexibility index (Phi) is 4.99. The number of ether oxygens (including phenoxy) is 1. The Balaban J connectivity index is 2.40. The van der Waals surface area contributed by atoms with E-state index in [9.17, 15) is 22.4 Å². The van der Waals surface area contributed by atoms with Crippen LogP contribution in [0.5, 0.6) is 0 Å². The molecule has 0 radical (unpaired) electrons. The molecule has 1 amide bonds. The second-order valence-electron chi connectivity index (χ2n) is 4.39. The van der Waals surface area contributed by atoms with Gasteiger partial charge in [-0.25, -0.2) is 14.2 Å². The molecular formula is C15H9F4N3O2. The topological polar surface area (TPSA) is 64.1 Å². The molecule has 0 aliphatic carbocycles. The Hall–Kier alpha value is -3.15. The van der Waals surface area contributed by atoms with E-state index in [0.717, 1.165) is 18.3 Å². The van der Waals surface area contributed by atoms with Crippen molar-refractivity contribution >= 4 is 11.8 Å². The van der Waals surface area contributed by atoms with Crippen LogP contribution in [0.4, 0.5) is 28.0 Å². The van der Waals surface area contributed by atoms with E-state index < -0.39 is 36.1 Å². The molecule has 24 heavy (non-hydrogen) atoms. The molecule has 2 heterocycles. The zero-order chi connectivity index (χ0) is 17.7. The minimum Gasteiger partial charge on any atom is -0.436 e. The molecule has 0 saturated heterocycles. The summed E-state index contributed by atoms with van der Waals surface area (Å²) < 4.78 is 57.1. The highest BCUT2D eigenvalue weighted by atomic mass is 19.4. The number of nitrogens with zero attached hydrogens (tertiary/aromatic N) is 2. The van der Waals surface area contributed by atoms with Gasteiger partial charge in [-0.15, -0.1) is 6.42 Å². The SMILES string of the molecule is C#CCOC(=O)Nc1ccc(-c2cncc(F)c2)nc1C(F)(F)F. The standard InChI is InChI=1S/C15H9F4N3O2/c1-2-5-24-14(23)22-12-4-3-11(21-13(12)15(17,18)19)9-6-10(16)8-20-7-9/h1,3-4,6-8H,5H2,(H,22,23). The minimum absolute atomic E-state index is 0.0574. The summed E-state index contributed by atoms with van der Waals surface area (Å²) in [6.07, 6.45) is 0.949. The summed E-state index contributed by atoms with van der Waals surface area (Å²) >= 11 is 0. The summed E-state index contributed by atoms with van der Waals surface area (Å²) in [5.74, 6) is 1.28. The van der Waals surface area contributed by atoms with Gasteiger partial charge in [0.1, 0.15) is 5.82 Å². The van der Waals surface area contributed by atoms with Gasteiger partial charge < -0.3 is 4.74 Å². The van der Waals surface area contributed by atoms with Crippen LogP contribution in [0.15, 0.2) is 30.6 Å². The molecule has 2 aromatic rings. The minimum atomic E-state index is -4.86. The number of carbonyl (C=O) groups excluding carboxylic acids is 1. The van der Waals surface area contributed by atoms with Crippen molar-refractivity contribution in [3.63, 3.8) is 0 Å². The van der Waals surface area contributed by atoms with E-state index in [1.165, 1.54) is 12.3 Å². The van der Waals surface area contributed by atoms with Gasteiger partial charge >= 0.3 is 12.3 Å². The summed E-state index contributed by atoms with van der Waals surface area (Å²) in [5.41, 5.74) is -2.07. The third-order valence-corrected chi connectivity index (χ3v) is 2.69. The number of aromatic nitrogens is 2. The number of hydrogen-bond acceptors (Lipinski definition) is 4. The highest BCUT2D eigenvalue weighted by Gasteiger charge is 2.36. The maximum Gasteiger partial charge on any atom is 0.435 e. The molecule has 2 aromatic heterocycles. The Labute approximate surface area is 133 Å². The van der Waals surface area contributed by atoms with E-state index in [-0.39, 0.29) is 11.3 Å². The quantitative estimate of drug-likeness (QED) is 0.687. The van der Waals surface area contributed by atoms with E-state index in [1.54, 1.807) is 0 Å². The third kappa shape index (κ3) is 4.19. The van der Waals surface area contributed by atoms with E-state index >= 15 is 0 Å². The number of halogens is 4. The maximum atomic E-state index is 13.2. The van der Waals surface area contributed by atoms with Crippen LogP contribution in [0.3, 0.4) is 0 Å². The lowest BCUT2D eigenvalue weighted by atomic mass is 10.1. The molecule has 9 heteroatoms. The number of alkyl halides is 3. The van der Waals surface area contributed by atoms with Gasteiger partial charge in [0.2, 0.25) is 0 Å². The van der Waals surface area contributed by atoms with Crippen LogP contribution in [0.2, 0.25) is 0 Å². The molecule has 0 aromatic carbocycles. The number of amides is 1. The lowest BCUT2D eigenvalue weighted by Gasteiger charge is -2.14. The zero-order valence-corrected chi connectivity index (χ0v) is 11.9. The molecule has 1 N–H and O–H groups in total. The fraction of sp³-hybridized carbons (Fsp3) is 0.133. The van der Waals surface area contributed by atoms with Crippen LogP contribution in [0.1, 0.15) is 5.69 Å². The predicted molar refractivity (Wildman–Crippen MR) is 76.2 cm³/mol. The Morgan fingerprint density at radius 3 is 2.71 bits per heavy atom. The highest BCUT2D eigenvalue weighted by Crippen LogP contribution is 2.35. The van der Waals surface area contributed by atoms with Crippen LogP contribution in [0.25, 0.3) is 11.3 Å². The number of rotatable bonds is 3. The molecule has 0 unspecified atom stereocenters. The van der Waals surface area contributed by atoms with Crippen molar-refractivity contribution < 1.29 is 27.1 Å². The monoisotopic (exact) mass is 339 g/mol. The first-order valence-electron chi connectivity index (χ1n) is 6.37. The largest absolute Gasteiger partial charge is 0.436 e. The van der Waals surface area contributed by atoms with Crippen molar-refractivity contribution in [3.8, 4) is 23.6 Å². The first kappa shape index (κ1) is 17.2. The molecule has 2 rings (SSSR count). The van der Waals surface area contributed by atoms with Crippen LogP contribution in [0, 0.1) is 18.2 Å². The lowest BCUT2D eigenvalue weighted by molar-refractivity contribution is -0.140. The van der Waals surface area contributed by atoms with E-state index in [0.29, 0.717) is 0 Å². The smallest absolute Gasteiger partial charge is 0.435 e. The van der Waals surface area contributed by atoms with Gasteiger partial charge in [-0.3, -0.25) is 10.3 Å². The fourth-order valence-electron chi connectivity index (χ4n) is 1.74. The molecule has 124 valence electrons. The molecular weight excluding hydrogens is 330 g/mol. The third-order valence-electron chi connectivity index (χ3n) is 2.69. The molecule has 0 saturated carbocycles. The van der Waals surface area contributed by atoms with Gasteiger partial charge in [-0.05, 0) is 18.2 Å². The summed E-state index contributed by atoms with van der Waals surface area (Å²) in [7, 11) is 0. The molecule has 0 aliphatic heterocycles. The van der Waals surface area contributed by atoms with E-state index in [4.69, 9.17) is 6.42 Å². The number of hydrogen-bond donors (Lipinski definition) is 1. The van der Waals surface area contributed by atoms with Crippen molar-refractivity contribution in [3.05, 3.63) is 42.1 Å². The second kappa shape index (κ2) is 6.95. The number of anilines is 1. The van der Waals surface area contributed by atoms with Crippen LogP contribution < -0.4 is 5.32 Å². The maximum absolute atomic E-state index is 13.2. The Morgan fingerprint density at radius 2 is 2.08 bits per heavy atom. The summed E-state index contributed by atoms with van der Waals surface area (Å²) in [4.78, 5) is 18.4. The summed E-state index contributed by atoms with van der Waals surface area (Å²) in [5, 5.41) is 1.91. The van der Waals surface area contributed by atoms with Crippen molar-refractivity contribution in [1.82, 2.24) is 9.97 Å². The number of terminal acetylenes is 1. The molecule has 0 spiro atoms. The predicted octanol–water partition coefficient (Wildman–Crippen LogP) is 3.48. The van der Waals surface area contributed by atoms with Crippen LogP contribution in [-0.4, -0.2) is 22.7 Å². The lowest BCUT2D eigenvalue weighted by Crippen LogP contribution is -2.19. The molecule has 0 aliphatic rings. The number of pyridine rings is 2. The van der Waals surface area contributed by atoms with E-state index in [1.807, 2.05) is 11.2 Å². The molecule has 0 atom stereocenters. The van der Waals surface area contributed by atoms with Gasteiger partial charge in [-0.1, -0.05) is 5.92 Å². The average molecular weight is 339 g/mol.